The van der Waals surface area contributed by atoms with E-state index in [0.29, 0.717) is 5.92 Å². The van der Waals surface area contributed by atoms with Gasteiger partial charge in [-0.2, -0.15) is 0 Å². The molecule has 0 amide bonds. The van der Waals surface area contributed by atoms with E-state index in [1.165, 1.54) is 0 Å². The van der Waals surface area contributed by atoms with Gasteiger partial charge in [-0.05, 0) is 18.9 Å². The van der Waals surface area contributed by atoms with E-state index in [0.717, 1.165) is 0 Å². The standard InChI is InChI=1S/C8H17NO2/c1-5(2)6(3)7(9-4)8(10)11/h5-7,9H,1-4H3,(H,10,11)/t6-,7+/m0/s1. The Balaban J connectivity index is 4.14. The van der Waals surface area contributed by atoms with Gasteiger partial charge < -0.3 is 10.4 Å². The molecule has 0 unspecified atom stereocenters. The maximum Gasteiger partial charge on any atom is 0.320 e. The lowest BCUT2D eigenvalue weighted by molar-refractivity contribution is -0.141. The predicted molar refractivity (Wildman–Crippen MR) is 44.5 cm³/mol. The van der Waals surface area contributed by atoms with Gasteiger partial charge in [-0.3, -0.25) is 4.79 Å². The topological polar surface area (TPSA) is 49.3 Å². The molecule has 0 bridgehead atoms. The summed E-state index contributed by atoms with van der Waals surface area (Å²) in [6.45, 7) is 6.00. The number of aliphatic carboxylic acids is 1. The molecular formula is C8H17NO2. The summed E-state index contributed by atoms with van der Waals surface area (Å²) in [5, 5.41) is 11.5. The molecule has 2 atom stereocenters. The smallest absolute Gasteiger partial charge is 0.320 e. The Morgan fingerprint density at radius 3 is 1.91 bits per heavy atom. The third kappa shape index (κ3) is 2.89. The predicted octanol–water partition coefficient (Wildman–Crippen LogP) is 0.951. The minimum absolute atomic E-state index is 0.164. The molecule has 3 heteroatoms. The van der Waals surface area contributed by atoms with Crippen LogP contribution in [-0.2, 0) is 4.79 Å². The molecule has 0 aliphatic heterocycles. The van der Waals surface area contributed by atoms with Crippen molar-refractivity contribution in [2.24, 2.45) is 11.8 Å². The molecule has 0 aromatic rings. The molecule has 0 heterocycles. The van der Waals surface area contributed by atoms with Crippen LogP contribution in [0.1, 0.15) is 20.8 Å². The molecule has 0 aromatic heterocycles. The average molecular weight is 159 g/mol. The summed E-state index contributed by atoms with van der Waals surface area (Å²) in [4.78, 5) is 10.6. The highest BCUT2D eigenvalue weighted by atomic mass is 16.4. The third-order valence-corrected chi connectivity index (χ3v) is 2.15. The molecule has 0 saturated heterocycles. The van der Waals surface area contributed by atoms with Gasteiger partial charge in [0.25, 0.3) is 0 Å². The van der Waals surface area contributed by atoms with E-state index in [1.807, 2.05) is 20.8 Å². The maximum absolute atomic E-state index is 10.6. The first-order valence-corrected chi connectivity index (χ1v) is 3.90. The molecule has 0 aliphatic carbocycles. The van der Waals surface area contributed by atoms with E-state index in [4.69, 9.17) is 5.11 Å². The molecule has 2 N–H and O–H groups in total. The van der Waals surface area contributed by atoms with Crippen molar-refractivity contribution in [1.29, 1.82) is 0 Å². The van der Waals surface area contributed by atoms with Gasteiger partial charge in [0.1, 0.15) is 6.04 Å². The van der Waals surface area contributed by atoms with Crippen molar-refractivity contribution < 1.29 is 9.90 Å². The zero-order valence-corrected chi connectivity index (χ0v) is 7.59. The number of nitrogens with one attached hydrogen (secondary N) is 1. The average Bonchev–Trinajstić information content (AvgIpc) is 1.88. The van der Waals surface area contributed by atoms with E-state index < -0.39 is 12.0 Å². The first-order valence-electron chi connectivity index (χ1n) is 3.90. The van der Waals surface area contributed by atoms with Crippen LogP contribution in [0.2, 0.25) is 0 Å². The second kappa shape index (κ2) is 4.34. The van der Waals surface area contributed by atoms with Crippen LogP contribution in [0, 0.1) is 11.8 Å². The molecule has 0 spiro atoms. The fourth-order valence-corrected chi connectivity index (χ4v) is 0.996. The molecule has 0 rings (SSSR count). The number of carboxylic acid groups (broad SMARTS) is 1. The number of likely N-dealkylation sites (N-methyl/N-ethyl adjacent to an activating group) is 1. The summed E-state index contributed by atoms with van der Waals surface area (Å²) < 4.78 is 0. The van der Waals surface area contributed by atoms with E-state index >= 15 is 0 Å². The van der Waals surface area contributed by atoms with Crippen LogP contribution in [0.15, 0.2) is 0 Å². The van der Waals surface area contributed by atoms with E-state index in [2.05, 4.69) is 5.32 Å². The normalized spacial score (nSPS) is 16.5. The minimum atomic E-state index is -0.770. The Bertz CT molecular complexity index is 134. The van der Waals surface area contributed by atoms with Crippen molar-refractivity contribution in [1.82, 2.24) is 5.32 Å². The van der Waals surface area contributed by atoms with Crippen molar-refractivity contribution in [3.05, 3.63) is 0 Å². The molecule has 0 radical (unpaired) electrons. The van der Waals surface area contributed by atoms with Crippen LogP contribution in [0.3, 0.4) is 0 Å². The SMILES string of the molecule is CN[C@@H](C(=O)O)[C@@H](C)C(C)C. The van der Waals surface area contributed by atoms with Gasteiger partial charge in [0.15, 0.2) is 0 Å². The number of carboxylic acids is 1. The summed E-state index contributed by atoms with van der Waals surface area (Å²) >= 11 is 0. The Morgan fingerprint density at radius 1 is 1.36 bits per heavy atom. The van der Waals surface area contributed by atoms with Crippen molar-refractivity contribution in [3.63, 3.8) is 0 Å². The van der Waals surface area contributed by atoms with Crippen LogP contribution in [-0.4, -0.2) is 24.2 Å². The Kier molecular flexibility index (Phi) is 4.11. The first kappa shape index (κ1) is 10.4. The highest BCUT2D eigenvalue weighted by molar-refractivity contribution is 5.73. The van der Waals surface area contributed by atoms with Gasteiger partial charge in [0.2, 0.25) is 0 Å². The summed E-state index contributed by atoms with van der Waals surface area (Å²) in [5.74, 6) is -0.213. The zero-order valence-electron chi connectivity index (χ0n) is 7.59. The van der Waals surface area contributed by atoms with Gasteiger partial charge in [0.05, 0.1) is 0 Å². The number of carbonyl (C=O) groups is 1. The highest BCUT2D eigenvalue weighted by Crippen LogP contribution is 2.14. The number of hydrogen-bond acceptors (Lipinski definition) is 2. The lowest BCUT2D eigenvalue weighted by atomic mass is 9.90. The molecule has 0 saturated carbocycles. The second-order valence-corrected chi connectivity index (χ2v) is 3.21. The van der Waals surface area contributed by atoms with Gasteiger partial charge in [0, 0.05) is 0 Å². The van der Waals surface area contributed by atoms with Crippen molar-refractivity contribution in [2.45, 2.75) is 26.8 Å². The largest absolute Gasteiger partial charge is 0.480 e. The molecule has 11 heavy (non-hydrogen) atoms. The second-order valence-electron chi connectivity index (χ2n) is 3.21. The van der Waals surface area contributed by atoms with E-state index in [1.54, 1.807) is 7.05 Å². The molecular weight excluding hydrogens is 142 g/mol. The van der Waals surface area contributed by atoms with Crippen molar-refractivity contribution in [3.8, 4) is 0 Å². The van der Waals surface area contributed by atoms with Gasteiger partial charge >= 0.3 is 5.97 Å². The summed E-state index contributed by atoms with van der Waals surface area (Å²) in [5.41, 5.74) is 0. The van der Waals surface area contributed by atoms with Gasteiger partial charge in [-0.25, -0.2) is 0 Å². The summed E-state index contributed by atoms with van der Waals surface area (Å²) in [6.07, 6.45) is 0. The highest BCUT2D eigenvalue weighted by Gasteiger charge is 2.24. The first-order chi connectivity index (χ1) is 5.00. The molecule has 0 aromatic carbocycles. The fourth-order valence-electron chi connectivity index (χ4n) is 0.996. The molecule has 0 aliphatic rings. The Hall–Kier alpha value is -0.570. The lowest BCUT2D eigenvalue weighted by Crippen LogP contribution is -2.41. The third-order valence-electron chi connectivity index (χ3n) is 2.15. The van der Waals surface area contributed by atoms with Gasteiger partial charge in [-0.15, -0.1) is 0 Å². The number of rotatable bonds is 4. The monoisotopic (exact) mass is 159 g/mol. The summed E-state index contributed by atoms with van der Waals surface area (Å²) in [6, 6.07) is -0.421. The number of hydrogen-bond donors (Lipinski definition) is 2. The summed E-state index contributed by atoms with van der Waals surface area (Å²) in [7, 11) is 1.68. The van der Waals surface area contributed by atoms with Crippen LogP contribution >= 0.6 is 0 Å². The quantitative estimate of drug-likeness (QED) is 0.642. The maximum atomic E-state index is 10.6. The van der Waals surface area contributed by atoms with Gasteiger partial charge in [-0.1, -0.05) is 20.8 Å². The van der Waals surface area contributed by atoms with Crippen LogP contribution in [0.25, 0.3) is 0 Å². The molecule has 0 fully saturated rings. The Labute approximate surface area is 67.8 Å². The van der Waals surface area contributed by atoms with Crippen LogP contribution in [0.4, 0.5) is 0 Å². The van der Waals surface area contributed by atoms with Crippen molar-refractivity contribution in [2.75, 3.05) is 7.05 Å². The van der Waals surface area contributed by atoms with Crippen molar-refractivity contribution >= 4 is 5.97 Å². The molecule has 3 nitrogen and oxygen atoms in total. The van der Waals surface area contributed by atoms with E-state index in [9.17, 15) is 4.79 Å². The fraction of sp³-hybridized carbons (Fsp3) is 0.875. The minimum Gasteiger partial charge on any atom is -0.480 e. The lowest BCUT2D eigenvalue weighted by Gasteiger charge is -2.22. The van der Waals surface area contributed by atoms with Crippen LogP contribution < -0.4 is 5.32 Å². The molecule has 66 valence electrons. The van der Waals surface area contributed by atoms with Crippen LogP contribution in [0.5, 0.6) is 0 Å². The van der Waals surface area contributed by atoms with E-state index in [-0.39, 0.29) is 5.92 Å². The zero-order chi connectivity index (χ0) is 9.02. The Morgan fingerprint density at radius 2 is 1.82 bits per heavy atom.